The number of allylic oxidation sites excluding steroid dienone is 1. The Balaban J connectivity index is 1.41. The van der Waals surface area contributed by atoms with Crippen LogP contribution in [0.4, 0.5) is 0 Å². The van der Waals surface area contributed by atoms with Crippen LogP contribution in [0, 0.1) is 3.57 Å². The zero-order valence-electron chi connectivity index (χ0n) is 27.0. The molecule has 0 amide bonds. The Kier molecular flexibility index (Phi) is 9.88. The van der Waals surface area contributed by atoms with Crippen LogP contribution in [0.1, 0.15) is 36.6 Å². The lowest BCUT2D eigenvalue weighted by molar-refractivity contribution is -0.139. The molecule has 5 aromatic rings. The Morgan fingerprint density at radius 3 is 2.46 bits per heavy atom. The summed E-state index contributed by atoms with van der Waals surface area (Å²) in [6.07, 6.45) is 1.80. The number of hydrogen-bond donors (Lipinski definition) is 0. The van der Waals surface area contributed by atoms with Crippen molar-refractivity contribution < 1.29 is 28.5 Å². The highest BCUT2D eigenvalue weighted by Gasteiger charge is 2.34. The lowest BCUT2D eigenvalue weighted by Crippen LogP contribution is -2.40. The first-order valence-corrected chi connectivity index (χ1v) is 17.1. The maximum Gasteiger partial charge on any atom is 0.338 e. The first-order chi connectivity index (χ1) is 23.3. The highest BCUT2D eigenvalue weighted by atomic mass is 127. The monoisotopic (exact) mass is 776 g/mol. The number of methoxy groups -OCH3 is 3. The fourth-order valence-corrected chi connectivity index (χ4v) is 7.64. The van der Waals surface area contributed by atoms with E-state index in [1.54, 1.807) is 50.8 Å². The quantitative estimate of drug-likeness (QED) is 0.124. The van der Waals surface area contributed by atoms with Crippen LogP contribution in [0.15, 0.2) is 93.9 Å². The van der Waals surface area contributed by atoms with Gasteiger partial charge in [-0.25, -0.2) is 9.79 Å². The summed E-state index contributed by atoms with van der Waals surface area (Å²) in [6.45, 7) is 4.04. The maximum atomic E-state index is 14.2. The van der Waals surface area contributed by atoms with Gasteiger partial charge in [0.25, 0.3) is 5.56 Å². The molecule has 0 fully saturated rings. The van der Waals surface area contributed by atoms with Gasteiger partial charge >= 0.3 is 5.97 Å². The first kappa shape index (κ1) is 33.3. The predicted octanol–water partition coefficient (Wildman–Crippen LogP) is 6.16. The number of thiazole rings is 1. The number of benzene rings is 4. The Hall–Kier alpha value is -4.62. The standard InChI is InChI=1S/C37H33IN2O7S/c1-6-46-36(42)32-21(2)39-37-40(33(32)24-14-15-28(43-3)29(19-24)44-4)35(41)31(48-37)18-22-16-27(38)34(30(17-22)45-5)47-20-25-12-9-11-23-10-7-8-13-26(23)25/h7-19,33H,6,20H2,1-5H3/b31-18-/t33-/m1/s1. The van der Waals surface area contributed by atoms with Crippen LogP contribution in [0.5, 0.6) is 23.0 Å². The van der Waals surface area contributed by atoms with Gasteiger partial charge in [0.05, 0.1) is 53.4 Å². The third-order valence-electron chi connectivity index (χ3n) is 8.04. The van der Waals surface area contributed by atoms with E-state index in [2.05, 4.69) is 51.8 Å². The largest absolute Gasteiger partial charge is 0.493 e. The zero-order chi connectivity index (χ0) is 33.9. The van der Waals surface area contributed by atoms with Crippen molar-refractivity contribution in [1.29, 1.82) is 0 Å². The summed E-state index contributed by atoms with van der Waals surface area (Å²) in [5.41, 5.74) is 2.94. The van der Waals surface area contributed by atoms with Gasteiger partial charge in [0.1, 0.15) is 6.61 Å². The predicted molar refractivity (Wildman–Crippen MR) is 194 cm³/mol. The number of ether oxygens (including phenoxy) is 5. The summed E-state index contributed by atoms with van der Waals surface area (Å²) >= 11 is 3.47. The van der Waals surface area contributed by atoms with Crippen molar-refractivity contribution in [2.45, 2.75) is 26.5 Å². The second-order valence-electron chi connectivity index (χ2n) is 10.9. The van der Waals surface area contributed by atoms with Gasteiger partial charge in [0, 0.05) is 0 Å². The molecule has 0 spiro atoms. The minimum Gasteiger partial charge on any atom is -0.493 e. The summed E-state index contributed by atoms with van der Waals surface area (Å²) in [5, 5.41) is 2.28. The Labute approximate surface area is 294 Å². The van der Waals surface area contributed by atoms with Crippen molar-refractivity contribution in [2.24, 2.45) is 4.99 Å². The van der Waals surface area contributed by atoms with Gasteiger partial charge in [-0.15, -0.1) is 0 Å². The van der Waals surface area contributed by atoms with E-state index in [4.69, 9.17) is 23.7 Å². The van der Waals surface area contributed by atoms with Crippen molar-refractivity contribution in [3.63, 3.8) is 0 Å². The molecule has 1 aromatic heterocycles. The molecule has 0 saturated heterocycles. The second kappa shape index (κ2) is 14.2. The van der Waals surface area contributed by atoms with Crippen LogP contribution in [0.2, 0.25) is 0 Å². The Morgan fingerprint density at radius 1 is 0.958 bits per heavy atom. The third-order valence-corrected chi connectivity index (χ3v) is 9.83. The highest BCUT2D eigenvalue weighted by Crippen LogP contribution is 2.37. The minimum absolute atomic E-state index is 0.181. The summed E-state index contributed by atoms with van der Waals surface area (Å²) < 4.78 is 31.3. The molecule has 48 heavy (non-hydrogen) atoms. The van der Waals surface area contributed by atoms with Crippen LogP contribution >= 0.6 is 33.9 Å². The van der Waals surface area contributed by atoms with E-state index in [0.717, 1.165) is 25.5 Å². The molecule has 2 heterocycles. The van der Waals surface area contributed by atoms with E-state index >= 15 is 0 Å². The minimum atomic E-state index is -0.790. The average molecular weight is 777 g/mol. The normalized spacial score (nSPS) is 14.4. The van der Waals surface area contributed by atoms with Crippen LogP contribution in [0.3, 0.4) is 0 Å². The van der Waals surface area contributed by atoms with Gasteiger partial charge in [0.15, 0.2) is 27.8 Å². The summed E-state index contributed by atoms with van der Waals surface area (Å²) in [4.78, 5) is 32.6. The Bertz CT molecular complexity index is 2250. The molecule has 9 nitrogen and oxygen atoms in total. The van der Waals surface area contributed by atoms with Gasteiger partial charge in [-0.2, -0.15) is 0 Å². The van der Waals surface area contributed by atoms with E-state index in [-0.39, 0.29) is 17.7 Å². The number of nitrogens with zero attached hydrogens (tertiary/aromatic N) is 2. The van der Waals surface area contributed by atoms with E-state index in [1.165, 1.54) is 18.4 Å². The molecule has 4 aromatic carbocycles. The molecule has 0 saturated carbocycles. The first-order valence-electron chi connectivity index (χ1n) is 15.2. The van der Waals surface area contributed by atoms with Crippen LogP contribution in [0.25, 0.3) is 16.8 Å². The van der Waals surface area contributed by atoms with Gasteiger partial charge in [0.2, 0.25) is 0 Å². The van der Waals surface area contributed by atoms with Gasteiger partial charge in [-0.1, -0.05) is 59.9 Å². The summed E-state index contributed by atoms with van der Waals surface area (Å²) in [5.74, 6) is 1.63. The molecular formula is C37H33IN2O7S. The molecule has 246 valence electrons. The van der Waals surface area contributed by atoms with E-state index in [1.807, 2.05) is 36.4 Å². The molecule has 1 aliphatic rings. The molecule has 0 N–H and O–H groups in total. The molecule has 11 heteroatoms. The van der Waals surface area contributed by atoms with Gasteiger partial charge in [-0.05, 0) is 94.2 Å². The topological polar surface area (TPSA) is 97.6 Å². The summed E-state index contributed by atoms with van der Waals surface area (Å²) in [6, 6.07) is 22.7. The van der Waals surface area contributed by atoms with Crippen molar-refractivity contribution in [2.75, 3.05) is 27.9 Å². The number of rotatable bonds is 10. The third kappa shape index (κ3) is 6.31. The lowest BCUT2D eigenvalue weighted by atomic mass is 9.95. The van der Waals surface area contributed by atoms with Crippen molar-refractivity contribution in [3.8, 4) is 23.0 Å². The SMILES string of the molecule is CCOC(=O)C1=C(C)N=c2s/c(=C\c3cc(I)c(OCc4cccc5ccccc45)c(OC)c3)c(=O)n2[C@@H]1c1ccc(OC)c(OC)c1. The van der Waals surface area contributed by atoms with E-state index in [0.29, 0.717) is 50.2 Å². The second-order valence-corrected chi connectivity index (χ2v) is 13.0. The molecule has 0 unspecified atom stereocenters. The summed E-state index contributed by atoms with van der Waals surface area (Å²) in [7, 11) is 4.68. The van der Waals surface area contributed by atoms with Crippen molar-refractivity contribution in [3.05, 3.63) is 124 Å². The van der Waals surface area contributed by atoms with Gasteiger partial charge in [-0.3, -0.25) is 9.36 Å². The number of esters is 1. The number of hydrogen-bond acceptors (Lipinski definition) is 9. The van der Waals surface area contributed by atoms with Crippen LogP contribution in [-0.2, 0) is 16.1 Å². The van der Waals surface area contributed by atoms with E-state index < -0.39 is 12.0 Å². The van der Waals surface area contributed by atoms with Crippen molar-refractivity contribution in [1.82, 2.24) is 4.57 Å². The fourth-order valence-electron chi connectivity index (χ4n) is 5.81. The molecule has 1 atom stereocenters. The average Bonchev–Trinajstić information content (AvgIpc) is 3.39. The number of carbonyl (C=O) groups is 1. The Morgan fingerprint density at radius 2 is 1.71 bits per heavy atom. The van der Waals surface area contributed by atoms with E-state index in [9.17, 15) is 9.59 Å². The number of aromatic nitrogens is 1. The number of fused-ring (bicyclic) bond motifs is 2. The molecule has 0 aliphatic carbocycles. The highest BCUT2D eigenvalue weighted by molar-refractivity contribution is 14.1. The molecule has 0 radical (unpaired) electrons. The maximum absolute atomic E-state index is 14.2. The zero-order valence-corrected chi connectivity index (χ0v) is 30.0. The number of halogens is 1. The van der Waals surface area contributed by atoms with Crippen molar-refractivity contribution >= 4 is 56.7 Å². The molecule has 0 bridgehead atoms. The lowest BCUT2D eigenvalue weighted by Gasteiger charge is -2.25. The smallest absolute Gasteiger partial charge is 0.338 e. The molecule has 6 rings (SSSR count). The van der Waals surface area contributed by atoms with Crippen LogP contribution < -0.4 is 33.8 Å². The van der Waals surface area contributed by atoms with Crippen LogP contribution in [-0.4, -0.2) is 38.5 Å². The molecule has 1 aliphatic heterocycles. The van der Waals surface area contributed by atoms with Gasteiger partial charge < -0.3 is 23.7 Å². The molecular weight excluding hydrogens is 743 g/mol. The number of carbonyl (C=O) groups excluding carboxylic acids is 1. The fraction of sp³-hybridized carbons (Fsp3) is 0.216.